The van der Waals surface area contributed by atoms with Gasteiger partial charge < -0.3 is 40.9 Å². The summed E-state index contributed by atoms with van der Waals surface area (Å²) in [5.74, 6) is -9.65. The first-order chi connectivity index (χ1) is 51.9. The fraction of sp³-hybridized carbons (Fsp3) is 0.0952. The maximum absolute atomic E-state index is 13.0. The number of carboxylic acids is 4. The molecule has 2 radical (unpaired) electrons. The van der Waals surface area contributed by atoms with Crippen molar-refractivity contribution in [3.05, 3.63) is 309 Å². The molecule has 0 aromatic heterocycles. The number of amides is 8. The summed E-state index contributed by atoms with van der Waals surface area (Å²) < 4.78 is 0. The molecule has 0 saturated carbocycles. The normalized spacial score (nSPS) is 14.2. The minimum atomic E-state index is -1.33. The van der Waals surface area contributed by atoms with Crippen LogP contribution < -0.4 is 0 Å². The molecule has 4 aliphatic rings. The predicted molar refractivity (Wildman–Crippen MR) is 391 cm³/mol. The Morgan fingerprint density at radius 1 is 0.236 bits per heavy atom. The molecule has 0 saturated heterocycles. The van der Waals surface area contributed by atoms with E-state index in [1.807, 2.05) is 48.5 Å². The summed E-state index contributed by atoms with van der Waals surface area (Å²) in [5, 5.41) is 82.0. The van der Waals surface area contributed by atoms with Crippen LogP contribution in [-0.2, 0) is 83.8 Å². The first kappa shape index (κ1) is 77.7. The van der Waals surface area contributed by atoms with Gasteiger partial charge in [0.15, 0.2) is 0 Å². The second kappa shape index (κ2) is 32.3. The van der Waals surface area contributed by atoms with Gasteiger partial charge in [-0.05, 0) is 138 Å². The summed E-state index contributed by atoms with van der Waals surface area (Å²) in [7, 11) is 0. The number of phenols is 4. The zero-order chi connectivity index (χ0) is 76.5. The largest absolute Gasteiger partial charge is 0.508 e. The van der Waals surface area contributed by atoms with Crippen molar-refractivity contribution >= 4 is 114 Å². The SMILES string of the molecule is O=C(O)[C@H](Cc1ccc(O)cc1)N1C(=O)c2ccc3ccccc3c2C1=O.O=C(O)[C@H](Cc1ccc(O)cc1)N1C(=O)c2ccc3ccccc3c2C1=O.O=C(O)[C@H](Cc1ccc(O)cc1)N1C(=O)c2ccc3ccccc3c2C1=O.O=C(O)[C@H](Cc1ccc(O)cc1)N1C(=O)c2ccc3ccccc3c2C1=O.[Rh].[Rh]. The molecule has 12 aromatic rings. The minimum Gasteiger partial charge on any atom is -0.508 e. The number of carbonyl (C=O) groups excluding carboxylic acids is 8. The Hall–Kier alpha value is -13.4. The molecule has 4 aliphatic heterocycles. The van der Waals surface area contributed by atoms with Crippen LogP contribution in [0.3, 0.4) is 0 Å². The Bertz CT molecular complexity index is 5070. The minimum absolute atomic E-state index is 0. The number of aromatic hydroxyl groups is 4. The Morgan fingerprint density at radius 2 is 0.409 bits per heavy atom. The van der Waals surface area contributed by atoms with Crippen LogP contribution in [0.1, 0.15) is 105 Å². The molecule has 554 valence electrons. The number of benzene rings is 12. The summed E-state index contributed by atoms with van der Waals surface area (Å²) in [5.41, 5.74) is 4.25. The van der Waals surface area contributed by atoms with Crippen LogP contribution >= 0.6 is 0 Å². The first-order valence-electron chi connectivity index (χ1n) is 33.5. The van der Waals surface area contributed by atoms with E-state index in [9.17, 15) is 98.4 Å². The number of fused-ring (bicyclic) bond motifs is 12. The molecule has 16 rings (SSSR count). The van der Waals surface area contributed by atoms with E-state index in [1.165, 1.54) is 48.5 Å². The molecule has 24 nitrogen and oxygen atoms in total. The van der Waals surface area contributed by atoms with Gasteiger partial charge in [-0.1, -0.05) is 170 Å². The van der Waals surface area contributed by atoms with Gasteiger partial charge in [-0.15, -0.1) is 0 Å². The number of carbonyl (C=O) groups is 12. The quantitative estimate of drug-likeness (QED) is 0.0329. The van der Waals surface area contributed by atoms with Crippen molar-refractivity contribution in [3.8, 4) is 23.0 Å². The molecule has 0 aliphatic carbocycles. The zero-order valence-electron chi connectivity index (χ0n) is 57.2. The van der Waals surface area contributed by atoms with Crippen LogP contribution in [0.15, 0.2) is 243 Å². The van der Waals surface area contributed by atoms with E-state index in [2.05, 4.69) is 0 Å². The number of phenolic OH excluding ortho intramolecular Hbond substituents is 4. The maximum Gasteiger partial charge on any atom is 0.327 e. The van der Waals surface area contributed by atoms with Gasteiger partial charge in [0.25, 0.3) is 47.3 Å². The van der Waals surface area contributed by atoms with E-state index in [0.717, 1.165) is 41.1 Å². The van der Waals surface area contributed by atoms with Gasteiger partial charge in [-0.2, -0.15) is 0 Å². The van der Waals surface area contributed by atoms with Crippen LogP contribution in [0.25, 0.3) is 43.1 Å². The average molecular weight is 1650 g/mol. The van der Waals surface area contributed by atoms with Crippen LogP contribution in [0.4, 0.5) is 0 Å². The standard InChI is InChI=1S/4C21H15NO5.2Rh/c4*23-14-8-5-12(6-9-14)11-17(21(26)27)22-19(24)16-10-7-13-3-1-2-4-15(13)18(16)20(22)25;;/h4*1-10,17,23H,11H2,(H,26,27);;/t4*17-;;/m0000../s1. The summed E-state index contributed by atoms with van der Waals surface area (Å²) in [4.78, 5) is 154. The number of rotatable bonds is 16. The fourth-order valence-corrected chi connectivity index (χ4v) is 13.8. The van der Waals surface area contributed by atoms with Crippen molar-refractivity contribution in [1.29, 1.82) is 0 Å². The smallest absolute Gasteiger partial charge is 0.327 e. The summed E-state index contributed by atoms with van der Waals surface area (Å²) >= 11 is 0. The monoisotopic (exact) mass is 1650 g/mol. The van der Waals surface area contributed by atoms with Gasteiger partial charge in [0.05, 0.1) is 44.5 Å². The molecular formula is C84H60N4O20Rh2. The van der Waals surface area contributed by atoms with E-state index in [0.29, 0.717) is 43.8 Å². The number of carboxylic acid groups (broad SMARTS) is 4. The number of nitrogens with zero attached hydrogens (tertiary/aromatic N) is 4. The molecule has 4 atom stereocenters. The van der Waals surface area contributed by atoms with Gasteiger partial charge >= 0.3 is 23.9 Å². The predicted octanol–water partition coefficient (Wildman–Crippen LogP) is 11.3. The molecule has 8 amide bonds. The van der Waals surface area contributed by atoms with Gasteiger partial charge in [-0.3, -0.25) is 58.0 Å². The second-order valence-electron chi connectivity index (χ2n) is 25.7. The fourth-order valence-electron chi connectivity index (χ4n) is 13.8. The molecular weight excluding hydrogens is 1590 g/mol. The van der Waals surface area contributed by atoms with E-state index >= 15 is 0 Å². The third kappa shape index (κ3) is 15.0. The Balaban J connectivity index is 0.000000145. The molecule has 8 N–H and O–H groups in total. The molecule has 0 unspecified atom stereocenters. The van der Waals surface area contributed by atoms with Crippen molar-refractivity contribution in [2.24, 2.45) is 0 Å². The van der Waals surface area contributed by atoms with Crippen molar-refractivity contribution < 1.29 is 137 Å². The van der Waals surface area contributed by atoms with Gasteiger partial charge in [-0.25, -0.2) is 19.2 Å². The molecule has 0 bridgehead atoms. The van der Waals surface area contributed by atoms with Crippen LogP contribution in [0.2, 0.25) is 0 Å². The molecule has 12 aromatic carbocycles. The third-order valence-corrected chi connectivity index (χ3v) is 19.1. The summed E-state index contributed by atoms with van der Waals surface area (Å²) in [6.07, 6.45) is -0.171. The average Bonchev–Trinajstić information content (AvgIpc) is 1.61. The third-order valence-electron chi connectivity index (χ3n) is 19.1. The number of aliphatic carboxylic acids is 4. The Kier molecular flexibility index (Phi) is 22.8. The summed E-state index contributed by atoms with van der Waals surface area (Å²) in [6, 6.07) is 60.7. The Morgan fingerprint density at radius 3 is 0.582 bits per heavy atom. The van der Waals surface area contributed by atoms with Crippen molar-refractivity contribution in [3.63, 3.8) is 0 Å². The van der Waals surface area contributed by atoms with Gasteiger partial charge in [0, 0.05) is 64.6 Å². The Labute approximate surface area is 649 Å². The van der Waals surface area contributed by atoms with E-state index in [-0.39, 0.29) is 132 Å². The van der Waals surface area contributed by atoms with E-state index in [1.54, 1.807) is 146 Å². The molecule has 0 spiro atoms. The number of hydrogen-bond donors (Lipinski definition) is 8. The van der Waals surface area contributed by atoms with Crippen LogP contribution in [-0.4, -0.2) is 156 Å². The van der Waals surface area contributed by atoms with Gasteiger partial charge in [0.2, 0.25) is 0 Å². The second-order valence-corrected chi connectivity index (χ2v) is 25.7. The van der Waals surface area contributed by atoms with Gasteiger partial charge in [0.1, 0.15) is 47.2 Å². The first-order valence-corrected chi connectivity index (χ1v) is 33.5. The van der Waals surface area contributed by atoms with E-state index < -0.39 is 95.3 Å². The van der Waals surface area contributed by atoms with E-state index in [4.69, 9.17) is 0 Å². The van der Waals surface area contributed by atoms with Crippen molar-refractivity contribution in [2.75, 3.05) is 0 Å². The molecule has 110 heavy (non-hydrogen) atoms. The zero-order valence-corrected chi connectivity index (χ0v) is 60.4. The van der Waals surface area contributed by atoms with Crippen LogP contribution in [0, 0.1) is 0 Å². The molecule has 0 fully saturated rings. The molecule has 4 heterocycles. The number of hydrogen-bond acceptors (Lipinski definition) is 16. The molecule has 26 heteroatoms. The topological polar surface area (TPSA) is 380 Å². The maximum atomic E-state index is 13.0. The number of imide groups is 4. The van der Waals surface area contributed by atoms with Crippen molar-refractivity contribution in [1.82, 2.24) is 19.6 Å². The summed E-state index contributed by atoms with van der Waals surface area (Å²) in [6.45, 7) is 0. The van der Waals surface area contributed by atoms with Crippen molar-refractivity contribution in [2.45, 2.75) is 49.9 Å². The van der Waals surface area contributed by atoms with Crippen LogP contribution in [0.5, 0.6) is 23.0 Å².